The van der Waals surface area contributed by atoms with Crippen molar-refractivity contribution >= 4 is 11.7 Å². The Kier molecular flexibility index (Phi) is 4.83. The summed E-state index contributed by atoms with van der Waals surface area (Å²) in [5.41, 5.74) is 1.26. The quantitative estimate of drug-likeness (QED) is 0.893. The molecule has 2 fully saturated rings. The van der Waals surface area contributed by atoms with Gasteiger partial charge in [-0.25, -0.2) is 4.79 Å². The molecular weight excluding hydrogens is 278 g/mol. The molecule has 0 aromatic heterocycles. The third-order valence-corrected chi connectivity index (χ3v) is 4.63. The number of piperidine rings is 1. The number of hydrogen-bond donors (Lipinski definition) is 2. The summed E-state index contributed by atoms with van der Waals surface area (Å²) in [6.07, 6.45) is 2.44. The van der Waals surface area contributed by atoms with Gasteiger partial charge in [-0.2, -0.15) is 0 Å². The highest BCUT2D eigenvalue weighted by Crippen LogP contribution is 2.23. The first-order valence-electron chi connectivity index (χ1n) is 8.23. The van der Waals surface area contributed by atoms with E-state index >= 15 is 0 Å². The highest BCUT2D eigenvalue weighted by molar-refractivity contribution is 5.74. The molecule has 2 saturated heterocycles. The Bertz CT molecular complexity index is 494. The van der Waals surface area contributed by atoms with Gasteiger partial charge in [-0.3, -0.25) is 0 Å². The Morgan fingerprint density at radius 3 is 2.77 bits per heavy atom. The van der Waals surface area contributed by atoms with Gasteiger partial charge in [0, 0.05) is 38.4 Å². The molecule has 2 aliphatic heterocycles. The minimum atomic E-state index is -0.362. The van der Waals surface area contributed by atoms with Crippen LogP contribution in [0.4, 0.5) is 10.5 Å². The van der Waals surface area contributed by atoms with Gasteiger partial charge in [-0.05, 0) is 37.3 Å². The first kappa shape index (κ1) is 15.2. The number of anilines is 1. The van der Waals surface area contributed by atoms with E-state index in [-0.39, 0.29) is 12.1 Å². The predicted molar refractivity (Wildman–Crippen MR) is 87.0 cm³/mol. The molecule has 5 heteroatoms. The van der Waals surface area contributed by atoms with Crippen molar-refractivity contribution in [1.82, 2.24) is 10.2 Å². The largest absolute Gasteiger partial charge is 0.391 e. The lowest BCUT2D eigenvalue weighted by Gasteiger charge is -2.30. The van der Waals surface area contributed by atoms with Crippen LogP contribution < -0.4 is 10.2 Å². The molecule has 2 N–H and O–H groups in total. The molecule has 22 heavy (non-hydrogen) atoms. The summed E-state index contributed by atoms with van der Waals surface area (Å²) in [6, 6.07) is 10.4. The van der Waals surface area contributed by atoms with Gasteiger partial charge in [0.05, 0.1) is 6.10 Å². The topological polar surface area (TPSA) is 55.8 Å². The molecule has 5 nitrogen and oxygen atoms in total. The van der Waals surface area contributed by atoms with Gasteiger partial charge in [0.25, 0.3) is 0 Å². The van der Waals surface area contributed by atoms with Crippen molar-refractivity contribution in [3.8, 4) is 0 Å². The van der Waals surface area contributed by atoms with E-state index < -0.39 is 0 Å². The maximum Gasteiger partial charge on any atom is 0.317 e. The van der Waals surface area contributed by atoms with Crippen molar-refractivity contribution in [3.05, 3.63) is 30.3 Å². The fourth-order valence-electron chi connectivity index (χ4n) is 3.36. The number of carbonyl (C=O) groups is 1. The summed E-state index contributed by atoms with van der Waals surface area (Å²) in [7, 11) is 0. The fraction of sp³-hybridized carbons (Fsp3) is 0.588. The molecule has 3 rings (SSSR count). The zero-order valence-corrected chi connectivity index (χ0v) is 12.9. The number of nitrogens with zero attached hydrogens (tertiary/aromatic N) is 2. The second-order valence-corrected chi connectivity index (χ2v) is 6.36. The van der Waals surface area contributed by atoms with Crippen molar-refractivity contribution in [3.63, 3.8) is 0 Å². The number of carbonyl (C=O) groups excluding carboxylic acids is 1. The van der Waals surface area contributed by atoms with Gasteiger partial charge in [-0.1, -0.05) is 18.2 Å². The van der Waals surface area contributed by atoms with Gasteiger partial charge < -0.3 is 20.2 Å². The van der Waals surface area contributed by atoms with Crippen molar-refractivity contribution in [2.24, 2.45) is 5.92 Å². The normalized spacial score (nSPS) is 25.3. The molecule has 2 atom stereocenters. The number of urea groups is 1. The molecule has 2 amide bonds. The Morgan fingerprint density at radius 2 is 2.00 bits per heavy atom. The van der Waals surface area contributed by atoms with Gasteiger partial charge in [0.15, 0.2) is 0 Å². The van der Waals surface area contributed by atoms with E-state index in [4.69, 9.17) is 0 Å². The number of amides is 2. The SMILES string of the molecule is O=C(NCC1CCN(c2ccccc2)C1)N1CCCC(O)C1. The number of aliphatic hydroxyl groups excluding tert-OH is 1. The van der Waals surface area contributed by atoms with Gasteiger partial charge >= 0.3 is 6.03 Å². The van der Waals surface area contributed by atoms with E-state index in [1.165, 1.54) is 5.69 Å². The summed E-state index contributed by atoms with van der Waals surface area (Å²) in [5, 5.41) is 12.7. The highest BCUT2D eigenvalue weighted by atomic mass is 16.3. The number of likely N-dealkylation sites (tertiary alicyclic amines) is 1. The number of β-amino-alcohol motifs (C(OH)–C–C–N with tert-alkyl or cyclic N) is 1. The lowest BCUT2D eigenvalue weighted by Crippen LogP contribution is -2.48. The van der Waals surface area contributed by atoms with Crippen LogP contribution in [0.3, 0.4) is 0 Å². The van der Waals surface area contributed by atoms with Crippen LogP contribution in [0.2, 0.25) is 0 Å². The maximum absolute atomic E-state index is 12.1. The minimum absolute atomic E-state index is 0.0306. The predicted octanol–water partition coefficient (Wildman–Crippen LogP) is 1.68. The number of para-hydroxylation sites is 1. The third kappa shape index (κ3) is 3.71. The van der Waals surface area contributed by atoms with Crippen molar-refractivity contribution in [2.75, 3.05) is 37.6 Å². The zero-order chi connectivity index (χ0) is 15.4. The van der Waals surface area contributed by atoms with Crippen LogP contribution in [-0.4, -0.2) is 54.9 Å². The van der Waals surface area contributed by atoms with Gasteiger partial charge in [0.1, 0.15) is 0 Å². The van der Waals surface area contributed by atoms with Crippen LogP contribution in [0.5, 0.6) is 0 Å². The summed E-state index contributed by atoms with van der Waals surface area (Å²) in [6.45, 7) is 3.98. The van der Waals surface area contributed by atoms with E-state index in [9.17, 15) is 9.90 Å². The second-order valence-electron chi connectivity index (χ2n) is 6.36. The number of nitrogens with one attached hydrogen (secondary N) is 1. The molecule has 2 unspecified atom stereocenters. The van der Waals surface area contributed by atoms with Crippen LogP contribution in [0.15, 0.2) is 30.3 Å². The van der Waals surface area contributed by atoms with Crippen molar-refractivity contribution in [2.45, 2.75) is 25.4 Å². The van der Waals surface area contributed by atoms with E-state index in [0.29, 0.717) is 12.5 Å². The lowest BCUT2D eigenvalue weighted by molar-refractivity contribution is 0.0840. The fourth-order valence-corrected chi connectivity index (χ4v) is 3.36. The van der Waals surface area contributed by atoms with E-state index in [2.05, 4.69) is 34.5 Å². The number of hydrogen-bond acceptors (Lipinski definition) is 3. The number of aliphatic hydroxyl groups is 1. The van der Waals surface area contributed by atoms with E-state index in [1.807, 2.05) is 6.07 Å². The maximum atomic E-state index is 12.1. The summed E-state index contributed by atoms with van der Waals surface area (Å²) < 4.78 is 0. The van der Waals surface area contributed by atoms with Crippen LogP contribution >= 0.6 is 0 Å². The molecule has 2 heterocycles. The van der Waals surface area contributed by atoms with Crippen LogP contribution in [-0.2, 0) is 0 Å². The molecule has 1 aromatic rings. The molecule has 0 radical (unpaired) electrons. The number of benzene rings is 1. The van der Waals surface area contributed by atoms with Crippen molar-refractivity contribution in [1.29, 1.82) is 0 Å². The summed E-state index contributed by atoms with van der Waals surface area (Å²) in [4.78, 5) is 16.3. The molecule has 1 aromatic carbocycles. The van der Waals surface area contributed by atoms with E-state index in [0.717, 1.165) is 45.4 Å². The Morgan fingerprint density at radius 1 is 1.18 bits per heavy atom. The lowest BCUT2D eigenvalue weighted by atomic mass is 10.1. The molecule has 0 bridgehead atoms. The zero-order valence-electron chi connectivity index (χ0n) is 12.9. The van der Waals surface area contributed by atoms with E-state index in [1.54, 1.807) is 4.90 Å². The Labute approximate surface area is 131 Å². The first-order valence-corrected chi connectivity index (χ1v) is 8.23. The molecule has 120 valence electrons. The molecule has 0 saturated carbocycles. The minimum Gasteiger partial charge on any atom is -0.391 e. The molecule has 0 aliphatic carbocycles. The average Bonchev–Trinajstić information content (AvgIpc) is 3.02. The second kappa shape index (κ2) is 7.01. The third-order valence-electron chi connectivity index (χ3n) is 4.63. The molecular formula is C17H25N3O2. The standard InChI is InChI=1S/C17H25N3O2/c21-16-7-4-9-20(13-16)17(22)18-11-14-8-10-19(12-14)15-5-2-1-3-6-15/h1-3,5-6,14,16,21H,4,7-13H2,(H,18,22). The monoisotopic (exact) mass is 303 g/mol. The van der Waals surface area contributed by atoms with Gasteiger partial charge in [0.2, 0.25) is 0 Å². The molecule has 0 spiro atoms. The summed E-state index contributed by atoms with van der Waals surface area (Å²) >= 11 is 0. The van der Waals surface area contributed by atoms with Crippen LogP contribution in [0.25, 0.3) is 0 Å². The van der Waals surface area contributed by atoms with Crippen molar-refractivity contribution < 1.29 is 9.90 Å². The smallest absolute Gasteiger partial charge is 0.317 e. The number of rotatable bonds is 3. The molecule has 2 aliphatic rings. The van der Waals surface area contributed by atoms with Crippen LogP contribution in [0, 0.1) is 5.92 Å². The van der Waals surface area contributed by atoms with Gasteiger partial charge in [-0.15, -0.1) is 0 Å². The van der Waals surface area contributed by atoms with Crippen LogP contribution in [0.1, 0.15) is 19.3 Å². The summed E-state index contributed by atoms with van der Waals surface area (Å²) in [5.74, 6) is 0.499. The Hall–Kier alpha value is -1.75. The average molecular weight is 303 g/mol. The first-order chi connectivity index (χ1) is 10.7. The highest BCUT2D eigenvalue weighted by Gasteiger charge is 2.25. The Balaban J connectivity index is 1.44.